The Morgan fingerprint density at radius 3 is 2.84 bits per heavy atom. The lowest BCUT2D eigenvalue weighted by atomic mass is 9.94. The van der Waals surface area contributed by atoms with Crippen LogP contribution in [-0.4, -0.2) is 44.2 Å². The highest BCUT2D eigenvalue weighted by atomic mass is 32.2. The summed E-state index contributed by atoms with van der Waals surface area (Å²) in [6, 6.07) is 0.448. The molecule has 2 rings (SSSR count). The number of rotatable bonds is 4. The van der Waals surface area contributed by atoms with E-state index >= 15 is 0 Å². The predicted molar refractivity (Wildman–Crippen MR) is 74.6 cm³/mol. The quantitative estimate of drug-likeness (QED) is 0.847. The second-order valence-electron chi connectivity index (χ2n) is 5.20. The van der Waals surface area contributed by atoms with Crippen LogP contribution < -0.4 is 4.90 Å². The van der Waals surface area contributed by atoms with E-state index in [2.05, 4.69) is 28.9 Å². The van der Waals surface area contributed by atoms with Crippen LogP contribution in [-0.2, 0) is 11.8 Å². The van der Waals surface area contributed by atoms with Crippen LogP contribution >= 0.6 is 11.8 Å². The number of carbonyl (C=O) groups is 1. The van der Waals surface area contributed by atoms with Gasteiger partial charge in [0.1, 0.15) is 0 Å². The minimum absolute atomic E-state index is 0.0125. The van der Waals surface area contributed by atoms with Crippen molar-refractivity contribution in [2.75, 3.05) is 17.2 Å². The molecule has 106 valence electrons. The number of aliphatic carboxylic acids is 1. The zero-order valence-corrected chi connectivity index (χ0v) is 12.4. The van der Waals surface area contributed by atoms with Gasteiger partial charge in [-0.2, -0.15) is 0 Å². The second-order valence-corrected chi connectivity index (χ2v) is 6.14. The van der Waals surface area contributed by atoms with Crippen molar-refractivity contribution in [2.45, 2.75) is 37.9 Å². The molecule has 2 heterocycles. The molecule has 0 spiro atoms. The van der Waals surface area contributed by atoms with Crippen LogP contribution in [0.1, 0.15) is 26.7 Å². The van der Waals surface area contributed by atoms with Gasteiger partial charge in [0.15, 0.2) is 5.16 Å². The summed E-state index contributed by atoms with van der Waals surface area (Å²) >= 11 is 1.20. The first-order chi connectivity index (χ1) is 8.99. The Morgan fingerprint density at radius 1 is 1.47 bits per heavy atom. The van der Waals surface area contributed by atoms with Crippen LogP contribution in [0, 0.1) is 5.92 Å². The van der Waals surface area contributed by atoms with Gasteiger partial charge >= 0.3 is 5.97 Å². The summed E-state index contributed by atoms with van der Waals surface area (Å²) in [5, 5.41) is 17.7. The Hall–Kier alpha value is -1.24. The number of hydrogen-bond donors (Lipinski definition) is 1. The van der Waals surface area contributed by atoms with Crippen molar-refractivity contribution < 1.29 is 9.90 Å². The smallest absolute Gasteiger partial charge is 0.313 e. The first kappa shape index (κ1) is 14.2. The van der Waals surface area contributed by atoms with Gasteiger partial charge in [0.05, 0.1) is 5.75 Å². The van der Waals surface area contributed by atoms with E-state index in [1.54, 1.807) is 0 Å². The molecule has 1 aromatic rings. The van der Waals surface area contributed by atoms with E-state index in [0.717, 1.165) is 31.3 Å². The molecule has 19 heavy (non-hydrogen) atoms. The Bertz CT molecular complexity index is 463. The van der Waals surface area contributed by atoms with Gasteiger partial charge in [0, 0.05) is 19.6 Å². The molecule has 1 N–H and O–H groups in total. The molecule has 0 amide bonds. The van der Waals surface area contributed by atoms with E-state index < -0.39 is 5.97 Å². The Labute approximate surface area is 117 Å². The van der Waals surface area contributed by atoms with Gasteiger partial charge in [-0.05, 0) is 25.7 Å². The maximum absolute atomic E-state index is 10.6. The fourth-order valence-electron chi connectivity index (χ4n) is 2.51. The Morgan fingerprint density at radius 2 is 2.21 bits per heavy atom. The molecular weight excluding hydrogens is 264 g/mol. The highest BCUT2D eigenvalue weighted by Crippen LogP contribution is 2.28. The minimum Gasteiger partial charge on any atom is -0.481 e. The zero-order chi connectivity index (χ0) is 14.0. The molecule has 2 atom stereocenters. The van der Waals surface area contributed by atoms with Crippen LogP contribution in [0.2, 0.25) is 0 Å². The van der Waals surface area contributed by atoms with Gasteiger partial charge in [-0.25, -0.2) is 0 Å². The van der Waals surface area contributed by atoms with Gasteiger partial charge in [0.2, 0.25) is 5.95 Å². The minimum atomic E-state index is -0.838. The number of thioether (sulfide) groups is 1. The Balaban J connectivity index is 2.10. The van der Waals surface area contributed by atoms with E-state index in [1.165, 1.54) is 11.8 Å². The van der Waals surface area contributed by atoms with Gasteiger partial charge in [-0.15, -0.1) is 10.2 Å². The molecule has 1 aromatic heterocycles. The fraction of sp³-hybridized carbons (Fsp3) is 0.750. The van der Waals surface area contributed by atoms with Crippen LogP contribution in [0.25, 0.3) is 0 Å². The number of aromatic nitrogens is 3. The van der Waals surface area contributed by atoms with Crippen LogP contribution in [0.15, 0.2) is 5.16 Å². The molecule has 0 aromatic carbocycles. The molecule has 6 nitrogen and oxygen atoms in total. The van der Waals surface area contributed by atoms with Crippen molar-refractivity contribution in [1.82, 2.24) is 14.8 Å². The molecule has 1 saturated heterocycles. The van der Waals surface area contributed by atoms with Gasteiger partial charge in [0.25, 0.3) is 0 Å². The number of hydrogen-bond acceptors (Lipinski definition) is 5. The molecule has 0 saturated carbocycles. The highest BCUT2D eigenvalue weighted by molar-refractivity contribution is 7.99. The molecule has 7 heteroatoms. The van der Waals surface area contributed by atoms with Crippen molar-refractivity contribution in [3.63, 3.8) is 0 Å². The molecule has 0 aliphatic carbocycles. The highest BCUT2D eigenvalue weighted by Gasteiger charge is 2.26. The van der Waals surface area contributed by atoms with E-state index in [4.69, 9.17) is 5.11 Å². The van der Waals surface area contributed by atoms with Gasteiger partial charge in [-0.3, -0.25) is 9.36 Å². The maximum atomic E-state index is 10.6. The average Bonchev–Trinajstić information content (AvgIpc) is 2.68. The first-order valence-electron chi connectivity index (χ1n) is 6.49. The van der Waals surface area contributed by atoms with E-state index in [-0.39, 0.29) is 5.75 Å². The average molecular weight is 284 g/mol. The lowest BCUT2D eigenvalue weighted by Crippen LogP contribution is -2.41. The number of piperidine rings is 1. The largest absolute Gasteiger partial charge is 0.481 e. The van der Waals surface area contributed by atoms with Crippen molar-refractivity contribution in [1.29, 1.82) is 0 Å². The SMILES string of the molecule is CC1CCN(c2nnc(SCC(=O)O)n2C)C(C)C1. The molecule has 2 unspecified atom stereocenters. The van der Waals surface area contributed by atoms with Crippen molar-refractivity contribution >= 4 is 23.7 Å². The standard InChI is InChI=1S/C12H20N4O2S/c1-8-4-5-16(9(2)6-8)11-13-14-12(15(11)3)19-7-10(17)18/h8-9H,4-7H2,1-3H3,(H,17,18). The molecular formula is C12H20N4O2S. The maximum Gasteiger partial charge on any atom is 0.313 e. The number of carboxylic acid groups (broad SMARTS) is 1. The third-order valence-corrected chi connectivity index (χ3v) is 4.54. The normalized spacial score (nSPS) is 23.6. The number of nitrogens with zero attached hydrogens (tertiary/aromatic N) is 4. The lowest BCUT2D eigenvalue weighted by molar-refractivity contribution is -0.133. The third-order valence-electron chi connectivity index (χ3n) is 3.53. The summed E-state index contributed by atoms with van der Waals surface area (Å²) in [5.41, 5.74) is 0. The van der Waals surface area contributed by atoms with Crippen LogP contribution in [0.4, 0.5) is 5.95 Å². The van der Waals surface area contributed by atoms with Crippen LogP contribution in [0.3, 0.4) is 0 Å². The summed E-state index contributed by atoms with van der Waals surface area (Å²) in [7, 11) is 1.89. The summed E-state index contributed by atoms with van der Waals surface area (Å²) < 4.78 is 1.89. The molecule has 1 fully saturated rings. The fourth-order valence-corrected chi connectivity index (χ4v) is 3.14. The second kappa shape index (κ2) is 5.81. The molecule has 0 radical (unpaired) electrons. The topological polar surface area (TPSA) is 71.2 Å². The molecule has 1 aliphatic rings. The third kappa shape index (κ3) is 3.20. The van der Waals surface area contributed by atoms with Crippen molar-refractivity contribution in [3.8, 4) is 0 Å². The van der Waals surface area contributed by atoms with Crippen molar-refractivity contribution in [3.05, 3.63) is 0 Å². The summed E-state index contributed by atoms with van der Waals surface area (Å²) in [4.78, 5) is 12.9. The van der Waals surface area contributed by atoms with Gasteiger partial charge < -0.3 is 10.0 Å². The van der Waals surface area contributed by atoms with E-state index in [9.17, 15) is 4.79 Å². The van der Waals surface area contributed by atoms with E-state index in [0.29, 0.717) is 11.2 Å². The first-order valence-corrected chi connectivity index (χ1v) is 7.48. The van der Waals surface area contributed by atoms with Crippen LogP contribution in [0.5, 0.6) is 0 Å². The predicted octanol–water partition coefficient (Wildman–Crippen LogP) is 1.62. The zero-order valence-electron chi connectivity index (χ0n) is 11.5. The lowest BCUT2D eigenvalue weighted by Gasteiger charge is -2.36. The summed E-state index contributed by atoms with van der Waals surface area (Å²) in [6.07, 6.45) is 2.32. The number of carboxylic acids is 1. The monoisotopic (exact) mass is 284 g/mol. The van der Waals surface area contributed by atoms with E-state index in [1.807, 2.05) is 11.6 Å². The summed E-state index contributed by atoms with van der Waals surface area (Å²) in [5.74, 6) is 0.765. The molecule has 1 aliphatic heterocycles. The summed E-state index contributed by atoms with van der Waals surface area (Å²) in [6.45, 7) is 5.46. The van der Waals surface area contributed by atoms with Gasteiger partial charge in [-0.1, -0.05) is 18.7 Å². The number of anilines is 1. The Kier molecular flexibility index (Phi) is 4.34. The van der Waals surface area contributed by atoms with Crippen molar-refractivity contribution in [2.24, 2.45) is 13.0 Å². The molecule has 0 bridgehead atoms.